The van der Waals surface area contributed by atoms with Crippen LogP contribution in [0.1, 0.15) is 11.1 Å². The Morgan fingerprint density at radius 2 is 1.79 bits per heavy atom. The number of halogens is 4. The molecule has 0 saturated carbocycles. The molecular formula is C21H15ClF3N3O. The number of fused-ring (bicyclic) bond motifs is 3. The molecule has 0 unspecified atom stereocenters. The highest BCUT2D eigenvalue weighted by atomic mass is 35.5. The lowest BCUT2D eigenvalue weighted by atomic mass is 10.0. The van der Waals surface area contributed by atoms with E-state index in [1.165, 1.54) is 13.3 Å². The predicted octanol–water partition coefficient (Wildman–Crippen LogP) is 6.08. The lowest BCUT2D eigenvalue weighted by Gasteiger charge is -2.18. The molecule has 4 nitrogen and oxygen atoms in total. The molecular weight excluding hydrogens is 403 g/mol. The van der Waals surface area contributed by atoms with E-state index in [-0.39, 0.29) is 28.9 Å². The average Bonchev–Trinajstić information content (AvgIpc) is 2.71. The van der Waals surface area contributed by atoms with Crippen LogP contribution in [0.15, 0.2) is 54.7 Å². The maximum absolute atomic E-state index is 14.1. The van der Waals surface area contributed by atoms with Crippen LogP contribution in [0.4, 0.5) is 18.9 Å². The summed E-state index contributed by atoms with van der Waals surface area (Å²) >= 11 is 5.85. The molecule has 0 atom stereocenters. The van der Waals surface area contributed by atoms with Crippen LogP contribution in [0.5, 0.6) is 5.88 Å². The Morgan fingerprint density at radius 1 is 1.07 bits per heavy atom. The van der Waals surface area contributed by atoms with Crippen molar-refractivity contribution >= 4 is 39.1 Å². The second-order valence-corrected chi connectivity index (χ2v) is 6.81. The van der Waals surface area contributed by atoms with Gasteiger partial charge in [0.15, 0.2) is 0 Å². The van der Waals surface area contributed by atoms with E-state index in [0.29, 0.717) is 21.6 Å². The highest BCUT2D eigenvalue weighted by Gasteiger charge is 2.37. The Balaban J connectivity index is 1.91. The summed E-state index contributed by atoms with van der Waals surface area (Å²) in [6.07, 6.45) is -3.37. The van der Waals surface area contributed by atoms with Crippen molar-refractivity contribution in [1.82, 2.24) is 9.97 Å². The quantitative estimate of drug-likeness (QED) is 0.409. The molecule has 148 valence electrons. The van der Waals surface area contributed by atoms with Gasteiger partial charge in [-0.3, -0.25) is 4.98 Å². The zero-order chi connectivity index (χ0) is 20.6. The number of aromatic nitrogens is 2. The summed E-state index contributed by atoms with van der Waals surface area (Å²) in [5, 5.41) is 3.91. The Kier molecular flexibility index (Phi) is 4.92. The van der Waals surface area contributed by atoms with Crippen molar-refractivity contribution in [2.75, 3.05) is 12.4 Å². The molecule has 0 amide bonds. The van der Waals surface area contributed by atoms with Crippen molar-refractivity contribution in [3.63, 3.8) is 0 Å². The lowest BCUT2D eigenvalue weighted by molar-refractivity contribution is -0.137. The van der Waals surface area contributed by atoms with Crippen molar-refractivity contribution in [1.29, 1.82) is 0 Å². The van der Waals surface area contributed by atoms with Gasteiger partial charge in [-0.1, -0.05) is 29.8 Å². The van der Waals surface area contributed by atoms with E-state index in [2.05, 4.69) is 15.3 Å². The SMILES string of the molecule is COc1nc2ccccc2c2ncc(CNc3ccc(Cl)cc3)c(C(F)(F)F)c12. The van der Waals surface area contributed by atoms with E-state index in [1.54, 1.807) is 48.5 Å². The van der Waals surface area contributed by atoms with Crippen LogP contribution in [0, 0.1) is 0 Å². The average molecular weight is 418 g/mol. The molecule has 0 radical (unpaired) electrons. The highest BCUT2D eigenvalue weighted by Crippen LogP contribution is 2.42. The topological polar surface area (TPSA) is 47.0 Å². The van der Waals surface area contributed by atoms with E-state index in [4.69, 9.17) is 16.3 Å². The van der Waals surface area contributed by atoms with Crippen LogP contribution >= 0.6 is 11.6 Å². The lowest BCUT2D eigenvalue weighted by Crippen LogP contribution is -2.14. The summed E-state index contributed by atoms with van der Waals surface area (Å²) in [7, 11) is 1.30. The second kappa shape index (κ2) is 7.40. The number of hydrogen-bond acceptors (Lipinski definition) is 4. The first-order chi connectivity index (χ1) is 13.9. The standard InChI is InChI=1S/C21H15ClF3N3O/c1-29-20-17-18(21(23,24)25)12(10-26-14-8-6-13(22)7-9-14)11-27-19(17)15-4-2-3-5-16(15)28-20/h2-9,11,26H,10H2,1H3. The fraction of sp³-hybridized carbons (Fsp3) is 0.143. The maximum Gasteiger partial charge on any atom is 0.417 e. The monoisotopic (exact) mass is 417 g/mol. The van der Waals surface area contributed by atoms with Gasteiger partial charge in [0.05, 0.1) is 29.1 Å². The predicted molar refractivity (Wildman–Crippen MR) is 107 cm³/mol. The van der Waals surface area contributed by atoms with Crippen LogP contribution in [0.2, 0.25) is 5.02 Å². The van der Waals surface area contributed by atoms with Gasteiger partial charge < -0.3 is 10.1 Å². The molecule has 4 aromatic rings. The van der Waals surface area contributed by atoms with Gasteiger partial charge >= 0.3 is 6.18 Å². The largest absolute Gasteiger partial charge is 0.480 e. The molecule has 2 heterocycles. The van der Waals surface area contributed by atoms with Gasteiger partial charge in [-0.2, -0.15) is 13.2 Å². The fourth-order valence-corrected chi connectivity index (χ4v) is 3.40. The molecule has 0 spiro atoms. The number of pyridine rings is 2. The minimum Gasteiger partial charge on any atom is -0.480 e. The van der Waals surface area contributed by atoms with Gasteiger partial charge in [0.2, 0.25) is 5.88 Å². The molecule has 0 fully saturated rings. The Hall–Kier alpha value is -3.06. The van der Waals surface area contributed by atoms with E-state index in [1.807, 2.05) is 0 Å². The second-order valence-electron chi connectivity index (χ2n) is 6.38. The number of nitrogens with one attached hydrogen (secondary N) is 1. The minimum absolute atomic E-state index is 0.00432. The first-order valence-electron chi connectivity index (χ1n) is 8.69. The molecule has 0 bridgehead atoms. The summed E-state index contributed by atoms with van der Waals surface area (Å²) in [5.41, 5.74) is 0.556. The van der Waals surface area contributed by atoms with Gasteiger partial charge in [0.1, 0.15) is 0 Å². The molecule has 0 aliphatic rings. The molecule has 0 aliphatic carbocycles. The van der Waals surface area contributed by atoms with Gasteiger partial charge in [-0.25, -0.2) is 4.98 Å². The first-order valence-corrected chi connectivity index (χ1v) is 9.07. The molecule has 1 N–H and O–H groups in total. The van der Waals surface area contributed by atoms with E-state index in [9.17, 15) is 13.2 Å². The smallest absolute Gasteiger partial charge is 0.417 e. The van der Waals surface area contributed by atoms with Crippen LogP contribution in [-0.2, 0) is 12.7 Å². The van der Waals surface area contributed by atoms with Crippen molar-refractivity contribution in [2.24, 2.45) is 0 Å². The summed E-state index contributed by atoms with van der Waals surface area (Å²) in [5.74, 6) is -0.105. The van der Waals surface area contributed by atoms with Crippen LogP contribution in [0.25, 0.3) is 21.8 Å². The number of methoxy groups -OCH3 is 1. The molecule has 0 saturated heterocycles. The molecule has 2 aromatic heterocycles. The zero-order valence-corrected chi connectivity index (χ0v) is 16.0. The summed E-state index contributed by atoms with van der Waals surface area (Å²) in [6, 6.07) is 13.6. The van der Waals surface area contributed by atoms with Crippen molar-refractivity contribution in [3.05, 3.63) is 70.9 Å². The van der Waals surface area contributed by atoms with Crippen molar-refractivity contribution in [2.45, 2.75) is 12.7 Å². The number of nitrogens with zero attached hydrogens (tertiary/aromatic N) is 2. The van der Waals surface area contributed by atoms with Gasteiger partial charge in [-0.15, -0.1) is 0 Å². The number of alkyl halides is 3. The van der Waals surface area contributed by atoms with Crippen molar-refractivity contribution < 1.29 is 17.9 Å². The third kappa shape index (κ3) is 3.65. The van der Waals surface area contributed by atoms with E-state index < -0.39 is 11.7 Å². The normalized spacial score (nSPS) is 11.8. The van der Waals surface area contributed by atoms with Gasteiger partial charge in [0, 0.05) is 34.4 Å². The third-order valence-electron chi connectivity index (χ3n) is 4.56. The minimum atomic E-state index is -4.62. The Morgan fingerprint density at radius 3 is 2.48 bits per heavy atom. The third-order valence-corrected chi connectivity index (χ3v) is 4.81. The van der Waals surface area contributed by atoms with Crippen LogP contribution in [0.3, 0.4) is 0 Å². The summed E-state index contributed by atoms with van der Waals surface area (Å²) in [6.45, 7) is -0.0740. The molecule has 8 heteroatoms. The van der Waals surface area contributed by atoms with Crippen LogP contribution < -0.4 is 10.1 Å². The zero-order valence-electron chi connectivity index (χ0n) is 15.2. The number of para-hydroxylation sites is 1. The fourth-order valence-electron chi connectivity index (χ4n) is 3.27. The maximum atomic E-state index is 14.1. The summed E-state index contributed by atoms with van der Waals surface area (Å²) in [4.78, 5) is 8.61. The number of anilines is 1. The number of hydrogen-bond donors (Lipinski definition) is 1. The number of ether oxygens (including phenoxy) is 1. The number of rotatable bonds is 4. The van der Waals surface area contributed by atoms with E-state index >= 15 is 0 Å². The molecule has 2 aromatic carbocycles. The Labute approximate surface area is 169 Å². The van der Waals surface area contributed by atoms with Crippen molar-refractivity contribution in [3.8, 4) is 5.88 Å². The number of benzene rings is 2. The molecule has 0 aliphatic heterocycles. The Bertz CT molecular complexity index is 1190. The molecule has 4 rings (SSSR count). The van der Waals surface area contributed by atoms with E-state index in [0.717, 1.165) is 0 Å². The van der Waals surface area contributed by atoms with Gasteiger partial charge in [0.25, 0.3) is 0 Å². The van der Waals surface area contributed by atoms with Gasteiger partial charge in [-0.05, 0) is 30.3 Å². The first kappa shape index (κ1) is 19.3. The molecule has 29 heavy (non-hydrogen) atoms. The summed E-state index contributed by atoms with van der Waals surface area (Å²) < 4.78 is 47.6. The van der Waals surface area contributed by atoms with Crippen LogP contribution in [-0.4, -0.2) is 17.1 Å². The highest BCUT2D eigenvalue weighted by molar-refractivity contribution is 6.30.